The highest BCUT2D eigenvalue weighted by molar-refractivity contribution is 6.04. The van der Waals surface area contributed by atoms with Gasteiger partial charge in [0.2, 0.25) is 0 Å². The van der Waals surface area contributed by atoms with Gasteiger partial charge in [-0.2, -0.15) is 0 Å². The first kappa shape index (κ1) is 18.5. The van der Waals surface area contributed by atoms with Crippen LogP contribution in [0, 0.1) is 20.8 Å². The summed E-state index contributed by atoms with van der Waals surface area (Å²) in [6.45, 7) is 13.8. The van der Waals surface area contributed by atoms with Gasteiger partial charge in [0.25, 0.3) is 5.91 Å². The van der Waals surface area contributed by atoms with Crippen molar-refractivity contribution in [3.63, 3.8) is 0 Å². The molecule has 138 valence electrons. The zero-order valence-corrected chi connectivity index (χ0v) is 16.3. The smallest absolute Gasteiger partial charge is 0.255 e. The van der Waals surface area contributed by atoms with Gasteiger partial charge >= 0.3 is 0 Å². The maximum atomic E-state index is 12.6. The van der Waals surface area contributed by atoms with Crippen LogP contribution in [0.4, 0.5) is 11.4 Å². The predicted molar refractivity (Wildman–Crippen MR) is 109 cm³/mol. The minimum absolute atomic E-state index is 0.0551. The van der Waals surface area contributed by atoms with Gasteiger partial charge in [-0.25, -0.2) is 0 Å². The predicted octanol–water partition coefficient (Wildman–Crippen LogP) is 4.01. The number of amides is 1. The van der Waals surface area contributed by atoms with Crippen LogP contribution in [0.25, 0.3) is 0 Å². The third kappa shape index (κ3) is 4.25. The molecule has 0 unspecified atom stereocenters. The van der Waals surface area contributed by atoms with E-state index in [1.54, 1.807) is 0 Å². The van der Waals surface area contributed by atoms with Crippen molar-refractivity contribution in [3.8, 4) is 0 Å². The molecule has 0 radical (unpaired) electrons. The van der Waals surface area contributed by atoms with Gasteiger partial charge in [0.05, 0.1) is 0 Å². The Morgan fingerprint density at radius 3 is 2.19 bits per heavy atom. The first-order valence-corrected chi connectivity index (χ1v) is 9.44. The van der Waals surface area contributed by atoms with E-state index in [1.165, 1.54) is 11.3 Å². The number of nitrogens with one attached hydrogen (secondary N) is 1. The molecule has 0 aliphatic carbocycles. The highest BCUT2D eigenvalue weighted by Crippen LogP contribution is 2.25. The number of hydrogen-bond acceptors (Lipinski definition) is 3. The number of carbonyl (C=O) groups excluding carboxylic acids is 1. The van der Waals surface area contributed by atoms with E-state index < -0.39 is 0 Å². The third-order valence-electron chi connectivity index (χ3n) is 5.10. The lowest BCUT2D eigenvalue weighted by Gasteiger charge is -2.36. The summed E-state index contributed by atoms with van der Waals surface area (Å²) in [4.78, 5) is 17.5. The van der Waals surface area contributed by atoms with Crippen LogP contribution in [0.1, 0.15) is 34.0 Å². The number of carbonyl (C=O) groups is 1. The van der Waals surface area contributed by atoms with Gasteiger partial charge in [0.1, 0.15) is 0 Å². The van der Waals surface area contributed by atoms with Gasteiger partial charge in [-0.1, -0.05) is 24.1 Å². The molecule has 3 rings (SSSR count). The number of anilines is 2. The topological polar surface area (TPSA) is 35.6 Å². The summed E-state index contributed by atoms with van der Waals surface area (Å²) in [5.74, 6) is -0.0551. The molecular formula is C22H29N3O. The Bertz CT molecular complexity index is 772. The summed E-state index contributed by atoms with van der Waals surface area (Å²) in [6.07, 6.45) is 0. The van der Waals surface area contributed by atoms with Crippen molar-refractivity contribution >= 4 is 17.3 Å². The zero-order valence-electron chi connectivity index (χ0n) is 16.3. The third-order valence-corrected chi connectivity index (χ3v) is 5.10. The van der Waals surface area contributed by atoms with Crippen molar-refractivity contribution in [1.29, 1.82) is 0 Å². The van der Waals surface area contributed by atoms with Crippen molar-refractivity contribution < 1.29 is 4.79 Å². The second-order valence-corrected chi connectivity index (χ2v) is 7.25. The van der Waals surface area contributed by atoms with Gasteiger partial charge in [0, 0.05) is 43.1 Å². The van der Waals surface area contributed by atoms with Crippen molar-refractivity contribution in [2.24, 2.45) is 0 Å². The lowest BCUT2D eigenvalue weighted by molar-refractivity contribution is 0.102. The number of piperazine rings is 1. The van der Waals surface area contributed by atoms with Crippen LogP contribution in [0.2, 0.25) is 0 Å². The Kier molecular flexibility index (Phi) is 5.62. The molecule has 2 aromatic carbocycles. The Morgan fingerprint density at radius 1 is 0.962 bits per heavy atom. The average molecular weight is 351 g/mol. The number of rotatable bonds is 4. The molecule has 1 fully saturated rings. The monoisotopic (exact) mass is 351 g/mol. The van der Waals surface area contributed by atoms with Crippen molar-refractivity contribution in [2.75, 3.05) is 42.9 Å². The Morgan fingerprint density at radius 2 is 1.62 bits per heavy atom. The summed E-state index contributed by atoms with van der Waals surface area (Å²) >= 11 is 0. The molecule has 1 aliphatic heterocycles. The average Bonchev–Trinajstić information content (AvgIpc) is 2.61. The van der Waals surface area contributed by atoms with Crippen LogP contribution in [-0.2, 0) is 0 Å². The number of likely N-dealkylation sites (N-methyl/N-ethyl adjacent to an activating group) is 1. The van der Waals surface area contributed by atoms with E-state index in [0.717, 1.165) is 49.5 Å². The summed E-state index contributed by atoms with van der Waals surface area (Å²) < 4.78 is 0. The van der Waals surface area contributed by atoms with E-state index in [2.05, 4.69) is 47.2 Å². The highest BCUT2D eigenvalue weighted by Gasteiger charge is 2.17. The van der Waals surface area contributed by atoms with Gasteiger partial charge in [0.15, 0.2) is 0 Å². The molecule has 1 aliphatic rings. The molecule has 1 heterocycles. The first-order valence-electron chi connectivity index (χ1n) is 9.44. The van der Waals surface area contributed by atoms with Gasteiger partial charge in [-0.05, 0) is 63.2 Å². The lowest BCUT2D eigenvalue weighted by Crippen LogP contribution is -2.46. The van der Waals surface area contributed by atoms with E-state index in [1.807, 2.05) is 32.0 Å². The summed E-state index contributed by atoms with van der Waals surface area (Å²) in [6, 6.07) is 12.1. The van der Waals surface area contributed by atoms with E-state index in [-0.39, 0.29) is 5.91 Å². The van der Waals surface area contributed by atoms with E-state index >= 15 is 0 Å². The molecule has 0 atom stereocenters. The fraction of sp³-hybridized carbons (Fsp3) is 0.409. The molecule has 0 bridgehead atoms. The van der Waals surface area contributed by atoms with Crippen molar-refractivity contribution in [3.05, 3.63) is 58.7 Å². The minimum atomic E-state index is -0.0551. The number of nitrogens with zero attached hydrogens (tertiary/aromatic N) is 2. The first-order chi connectivity index (χ1) is 12.5. The fourth-order valence-electron chi connectivity index (χ4n) is 3.70. The molecule has 1 saturated heterocycles. The molecule has 0 aromatic heterocycles. The molecule has 4 nitrogen and oxygen atoms in total. The fourth-order valence-corrected chi connectivity index (χ4v) is 3.70. The van der Waals surface area contributed by atoms with Gasteiger partial charge in [-0.15, -0.1) is 0 Å². The highest BCUT2D eigenvalue weighted by atomic mass is 16.1. The Hall–Kier alpha value is -2.33. The van der Waals surface area contributed by atoms with Gasteiger partial charge in [-0.3, -0.25) is 4.79 Å². The number of hydrogen-bond donors (Lipinski definition) is 1. The molecule has 1 amide bonds. The minimum Gasteiger partial charge on any atom is -0.369 e. The van der Waals surface area contributed by atoms with E-state index in [9.17, 15) is 4.79 Å². The second kappa shape index (κ2) is 7.92. The van der Waals surface area contributed by atoms with Crippen LogP contribution < -0.4 is 10.2 Å². The van der Waals surface area contributed by atoms with E-state index in [0.29, 0.717) is 5.56 Å². The molecule has 4 heteroatoms. The normalized spacial score (nSPS) is 15.2. The second-order valence-electron chi connectivity index (χ2n) is 7.25. The summed E-state index contributed by atoms with van der Waals surface area (Å²) in [5.41, 5.74) is 6.24. The molecule has 0 saturated carbocycles. The zero-order chi connectivity index (χ0) is 18.7. The van der Waals surface area contributed by atoms with E-state index in [4.69, 9.17) is 0 Å². The van der Waals surface area contributed by atoms with Crippen molar-refractivity contribution in [1.82, 2.24) is 4.90 Å². The van der Waals surface area contributed by atoms with Crippen LogP contribution >= 0.6 is 0 Å². The maximum absolute atomic E-state index is 12.6. The van der Waals surface area contributed by atoms with Crippen molar-refractivity contribution in [2.45, 2.75) is 27.7 Å². The van der Waals surface area contributed by atoms with Crippen LogP contribution in [-0.4, -0.2) is 43.5 Å². The number of aryl methyl sites for hydroxylation is 3. The molecule has 26 heavy (non-hydrogen) atoms. The van der Waals surface area contributed by atoms with Crippen LogP contribution in [0.15, 0.2) is 36.4 Å². The Labute approximate surface area is 156 Å². The lowest BCUT2D eigenvalue weighted by atomic mass is 10.1. The number of benzene rings is 2. The summed E-state index contributed by atoms with van der Waals surface area (Å²) in [5, 5.41) is 3.03. The van der Waals surface area contributed by atoms with Crippen LogP contribution in [0.5, 0.6) is 0 Å². The SMILES string of the molecule is CCN1CCN(c2ccc(NC(=O)c3cc(C)cc(C)c3)cc2C)CC1. The quantitative estimate of drug-likeness (QED) is 0.904. The van der Waals surface area contributed by atoms with Crippen LogP contribution in [0.3, 0.4) is 0 Å². The Balaban J connectivity index is 1.70. The standard InChI is InChI=1S/C22H29N3O/c1-5-24-8-10-25(11-9-24)21-7-6-20(15-18(21)4)23-22(26)19-13-16(2)12-17(3)14-19/h6-7,12-15H,5,8-11H2,1-4H3,(H,23,26). The molecule has 2 aromatic rings. The largest absolute Gasteiger partial charge is 0.369 e. The molecule has 0 spiro atoms. The molecular weight excluding hydrogens is 322 g/mol. The molecule has 1 N–H and O–H groups in total. The maximum Gasteiger partial charge on any atom is 0.255 e. The van der Waals surface area contributed by atoms with Gasteiger partial charge < -0.3 is 15.1 Å². The summed E-state index contributed by atoms with van der Waals surface area (Å²) in [7, 11) is 0.